The molecule has 1 saturated heterocycles. The van der Waals surface area contributed by atoms with Crippen LogP contribution in [-0.2, 0) is 9.53 Å². The lowest BCUT2D eigenvalue weighted by atomic mass is 9.92. The fourth-order valence-electron chi connectivity index (χ4n) is 2.97. The first kappa shape index (κ1) is 14.3. The Balaban J connectivity index is 1.74. The van der Waals surface area contributed by atoms with Gasteiger partial charge in [-0.05, 0) is 57.1 Å². The van der Waals surface area contributed by atoms with Gasteiger partial charge in [0.25, 0.3) is 0 Å². The number of hydrogen-bond acceptors (Lipinski definition) is 3. The average Bonchev–Trinajstić information content (AvgIpc) is 2.77. The summed E-state index contributed by atoms with van der Waals surface area (Å²) in [6.07, 6.45) is 1.80. The number of carbonyl (C=O) groups excluding carboxylic acids is 1. The first-order valence-electron chi connectivity index (χ1n) is 7.19. The zero-order valence-electron chi connectivity index (χ0n) is 12.1. The van der Waals surface area contributed by atoms with Crippen molar-refractivity contribution < 1.29 is 9.53 Å². The molecule has 1 aliphatic rings. The predicted molar refractivity (Wildman–Crippen MR) is 84.8 cm³/mol. The van der Waals surface area contributed by atoms with Gasteiger partial charge in [-0.15, -0.1) is 0 Å². The molecule has 2 atom stereocenters. The lowest BCUT2D eigenvalue weighted by molar-refractivity contribution is -0.127. The van der Waals surface area contributed by atoms with Crippen molar-refractivity contribution in [2.75, 3.05) is 5.32 Å². The summed E-state index contributed by atoms with van der Waals surface area (Å²) in [7, 11) is 0. The molecule has 2 heterocycles. The molecule has 112 valence electrons. The maximum absolute atomic E-state index is 12.4. The molecule has 0 bridgehead atoms. The second-order valence-electron chi connectivity index (χ2n) is 5.75. The minimum atomic E-state index is 0.00386. The topological polar surface area (TPSA) is 69.9 Å². The number of ether oxygens (including phenoxy) is 1. The van der Waals surface area contributed by atoms with Gasteiger partial charge in [-0.1, -0.05) is 0 Å². The quantitative estimate of drug-likeness (QED) is 0.745. The second kappa shape index (κ2) is 5.61. The third-order valence-electron chi connectivity index (χ3n) is 3.85. The minimum absolute atomic E-state index is 0.00386. The van der Waals surface area contributed by atoms with Crippen molar-refractivity contribution >= 4 is 34.8 Å². The molecule has 0 saturated carbocycles. The first-order valence-corrected chi connectivity index (χ1v) is 7.60. The van der Waals surface area contributed by atoms with Crippen LogP contribution in [-0.4, -0.2) is 28.1 Å². The summed E-state index contributed by atoms with van der Waals surface area (Å²) < 4.78 is 6.26. The zero-order valence-corrected chi connectivity index (χ0v) is 12.9. The van der Waals surface area contributed by atoms with Crippen molar-refractivity contribution in [3.63, 3.8) is 0 Å². The number of fused-ring (bicyclic) bond motifs is 1. The van der Waals surface area contributed by atoms with E-state index in [0.717, 1.165) is 29.6 Å². The Labute approximate surface area is 128 Å². The molecule has 0 aliphatic carbocycles. The van der Waals surface area contributed by atoms with Crippen LogP contribution in [0, 0.1) is 10.7 Å². The Bertz CT molecular complexity index is 711. The Morgan fingerprint density at radius 1 is 1.24 bits per heavy atom. The van der Waals surface area contributed by atoms with Gasteiger partial charge in [0.1, 0.15) is 0 Å². The Morgan fingerprint density at radius 3 is 2.62 bits per heavy atom. The van der Waals surface area contributed by atoms with Gasteiger partial charge in [-0.25, -0.2) is 0 Å². The van der Waals surface area contributed by atoms with Gasteiger partial charge >= 0.3 is 0 Å². The molecule has 0 radical (unpaired) electrons. The molecule has 5 nitrogen and oxygen atoms in total. The molecule has 21 heavy (non-hydrogen) atoms. The molecule has 1 amide bonds. The monoisotopic (exact) mass is 305 g/mol. The highest BCUT2D eigenvalue weighted by Gasteiger charge is 2.29. The highest BCUT2D eigenvalue weighted by atomic mass is 32.1. The van der Waals surface area contributed by atoms with Crippen molar-refractivity contribution in [2.45, 2.75) is 38.9 Å². The number of H-pyrrole nitrogens is 2. The van der Waals surface area contributed by atoms with E-state index in [2.05, 4.69) is 15.3 Å². The van der Waals surface area contributed by atoms with Gasteiger partial charge in [-0.3, -0.25) is 4.79 Å². The third-order valence-corrected chi connectivity index (χ3v) is 4.06. The molecular weight excluding hydrogens is 286 g/mol. The lowest BCUT2D eigenvalue weighted by Gasteiger charge is -2.31. The molecule has 6 heteroatoms. The van der Waals surface area contributed by atoms with Crippen LogP contribution in [0.5, 0.6) is 0 Å². The smallest absolute Gasteiger partial charge is 0.227 e. The third kappa shape index (κ3) is 3.16. The Morgan fingerprint density at radius 2 is 1.90 bits per heavy atom. The van der Waals surface area contributed by atoms with E-state index in [-0.39, 0.29) is 24.0 Å². The number of imidazole rings is 1. The number of carbonyl (C=O) groups is 1. The van der Waals surface area contributed by atoms with Crippen molar-refractivity contribution in [2.24, 2.45) is 5.92 Å². The van der Waals surface area contributed by atoms with E-state index in [0.29, 0.717) is 4.77 Å². The molecule has 1 aromatic carbocycles. The van der Waals surface area contributed by atoms with E-state index in [1.54, 1.807) is 0 Å². The van der Waals surface area contributed by atoms with E-state index in [4.69, 9.17) is 17.0 Å². The highest BCUT2D eigenvalue weighted by Crippen LogP contribution is 2.26. The maximum Gasteiger partial charge on any atom is 0.227 e. The van der Waals surface area contributed by atoms with E-state index in [1.165, 1.54) is 0 Å². The van der Waals surface area contributed by atoms with Gasteiger partial charge in [-0.2, -0.15) is 0 Å². The summed E-state index contributed by atoms with van der Waals surface area (Å²) in [5, 5.41) is 2.99. The van der Waals surface area contributed by atoms with Gasteiger partial charge < -0.3 is 20.0 Å². The summed E-state index contributed by atoms with van der Waals surface area (Å²) >= 11 is 5.06. The molecular formula is C15H19N3O2S. The molecule has 1 aliphatic heterocycles. The summed E-state index contributed by atoms with van der Waals surface area (Å²) in [4.78, 5) is 18.5. The fourth-order valence-corrected chi connectivity index (χ4v) is 3.19. The number of hydrogen-bond donors (Lipinski definition) is 3. The summed E-state index contributed by atoms with van der Waals surface area (Å²) in [5.41, 5.74) is 2.61. The molecule has 0 spiro atoms. The number of aromatic nitrogens is 2. The number of rotatable bonds is 2. The van der Waals surface area contributed by atoms with Crippen molar-refractivity contribution in [3.05, 3.63) is 23.0 Å². The Kier molecular flexibility index (Phi) is 3.82. The van der Waals surface area contributed by atoms with E-state index in [1.807, 2.05) is 32.0 Å². The summed E-state index contributed by atoms with van der Waals surface area (Å²) in [6, 6.07) is 5.68. The molecule has 2 aromatic rings. The van der Waals surface area contributed by atoms with Crippen LogP contribution in [0.25, 0.3) is 11.0 Å². The number of nitrogens with one attached hydrogen (secondary N) is 3. The van der Waals surface area contributed by atoms with Crippen LogP contribution in [0.1, 0.15) is 26.7 Å². The second-order valence-corrected chi connectivity index (χ2v) is 6.16. The van der Waals surface area contributed by atoms with Crippen LogP contribution in [0.4, 0.5) is 5.69 Å². The molecule has 0 unspecified atom stereocenters. The van der Waals surface area contributed by atoms with Crippen molar-refractivity contribution in [1.82, 2.24) is 9.97 Å². The van der Waals surface area contributed by atoms with E-state index >= 15 is 0 Å². The molecule has 3 rings (SSSR count). The molecule has 1 fully saturated rings. The average molecular weight is 305 g/mol. The predicted octanol–water partition coefficient (Wildman–Crippen LogP) is 3.37. The number of benzene rings is 1. The largest absolute Gasteiger partial charge is 0.376 e. The van der Waals surface area contributed by atoms with Crippen LogP contribution in [0.3, 0.4) is 0 Å². The number of amides is 1. The van der Waals surface area contributed by atoms with Crippen LogP contribution in [0.2, 0.25) is 0 Å². The zero-order chi connectivity index (χ0) is 15.0. The minimum Gasteiger partial charge on any atom is -0.376 e. The summed E-state index contributed by atoms with van der Waals surface area (Å²) in [5.74, 6) is 0.0645. The number of anilines is 1. The van der Waals surface area contributed by atoms with Gasteiger partial charge in [0.2, 0.25) is 5.91 Å². The number of aromatic amines is 2. The van der Waals surface area contributed by atoms with E-state index in [9.17, 15) is 4.79 Å². The van der Waals surface area contributed by atoms with Crippen LogP contribution < -0.4 is 5.32 Å². The van der Waals surface area contributed by atoms with Crippen LogP contribution in [0.15, 0.2) is 18.2 Å². The Hall–Kier alpha value is -1.66. The fraction of sp³-hybridized carbons (Fsp3) is 0.467. The van der Waals surface area contributed by atoms with E-state index < -0.39 is 0 Å². The van der Waals surface area contributed by atoms with Crippen molar-refractivity contribution in [1.29, 1.82) is 0 Å². The lowest BCUT2D eigenvalue weighted by Crippen LogP contribution is -2.36. The molecule has 3 N–H and O–H groups in total. The molecule has 1 aromatic heterocycles. The highest BCUT2D eigenvalue weighted by molar-refractivity contribution is 7.71. The van der Waals surface area contributed by atoms with Crippen molar-refractivity contribution in [3.8, 4) is 0 Å². The maximum atomic E-state index is 12.4. The standard InChI is InChI=1S/C15H19N3O2S/c1-8-5-10(6-9(2)20-8)14(19)16-11-3-4-12-13(7-11)18-15(21)17-12/h3-4,7-10H,5-6H2,1-2H3,(H,16,19)(H2,17,18,21)/t8-,9-/m0/s1. The van der Waals surface area contributed by atoms with Gasteiger partial charge in [0, 0.05) is 11.6 Å². The summed E-state index contributed by atoms with van der Waals surface area (Å²) in [6.45, 7) is 4.03. The SMILES string of the molecule is C[C@H]1CC(C(=O)Nc2ccc3[nH]c(=S)[nH]c3c2)C[C@H](C)O1. The normalized spacial score (nSPS) is 25.9. The first-order chi connectivity index (χ1) is 10.0. The van der Waals surface area contributed by atoms with Gasteiger partial charge in [0.05, 0.1) is 23.2 Å². The van der Waals surface area contributed by atoms with Crippen LogP contribution >= 0.6 is 12.2 Å². The van der Waals surface area contributed by atoms with Gasteiger partial charge in [0.15, 0.2) is 4.77 Å².